The molecule has 3 rings (SSSR count). The Labute approximate surface area is 126 Å². The molecule has 0 aromatic carbocycles. The summed E-state index contributed by atoms with van der Waals surface area (Å²) < 4.78 is 6.93. The van der Waals surface area contributed by atoms with Crippen LogP contribution in [-0.2, 0) is 0 Å². The number of nitrogens with zero attached hydrogens (tertiary/aromatic N) is 4. The molecular formula is C11H7N5O3S2. The zero-order chi connectivity index (χ0) is 14.8. The minimum absolute atomic E-state index is 0.0542. The summed E-state index contributed by atoms with van der Waals surface area (Å²) in [5, 5.41) is 21.5. The van der Waals surface area contributed by atoms with Crippen LogP contribution in [0.1, 0.15) is 4.88 Å². The van der Waals surface area contributed by atoms with Gasteiger partial charge in [-0.05, 0) is 30.4 Å². The number of aromatic nitrogens is 3. The lowest BCUT2D eigenvalue weighted by Crippen LogP contribution is -1.93. The maximum atomic E-state index is 10.6. The highest BCUT2D eigenvalue weighted by Crippen LogP contribution is 2.23. The molecule has 0 aliphatic rings. The van der Waals surface area contributed by atoms with Gasteiger partial charge in [0.15, 0.2) is 5.76 Å². The van der Waals surface area contributed by atoms with Crippen LogP contribution in [0.25, 0.3) is 11.6 Å². The van der Waals surface area contributed by atoms with E-state index in [4.69, 9.17) is 16.6 Å². The predicted molar refractivity (Wildman–Crippen MR) is 79.1 cm³/mol. The number of H-pyrrole nitrogens is 1. The van der Waals surface area contributed by atoms with Crippen molar-refractivity contribution in [2.45, 2.75) is 0 Å². The Morgan fingerprint density at radius 2 is 2.38 bits per heavy atom. The van der Waals surface area contributed by atoms with E-state index >= 15 is 0 Å². The first-order valence-corrected chi connectivity index (χ1v) is 6.87. The second kappa shape index (κ2) is 5.42. The number of nitrogens with one attached hydrogen (secondary N) is 1. The van der Waals surface area contributed by atoms with E-state index in [1.165, 1.54) is 23.2 Å². The predicted octanol–water partition coefficient (Wildman–Crippen LogP) is 3.05. The molecule has 21 heavy (non-hydrogen) atoms. The van der Waals surface area contributed by atoms with Crippen LogP contribution < -0.4 is 0 Å². The molecule has 0 radical (unpaired) electrons. The quantitative estimate of drug-likeness (QED) is 0.344. The number of rotatable bonds is 4. The first-order valence-electron chi connectivity index (χ1n) is 5.65. The Hall–Kier alpha value is -2.59. The number of nitro groups is 1. The topological polar surface area (TPSA) is 102 Å². The number of hydrogen-bond donors (Lipinski definition) is 1. The Bertz CT molecular complexity index is 859. The first-order chi connectivity index (χ1) is 10.1. The number of thiophene rings is 1. The molecule has 3 heterocycles. The third-order valence-corrected chi connectivity index (χ3v) is 3.72. The summed E-state index contributed by atoms with van der Waals surface area (Å²) in [6.07, 6.45) is 3.00. The molecule has 0 amide bonds. The van der Waals surface area contributed by atoms with Gasteiger partial charge in [0.1, 0.15) is 0 Å². The van der Waals surface area contributed by atoms with Gasteiger partial charge in [-0.1, -0.05) is 11.3 Å². The van der Waals surface area contributed by atoms with Crippen molar-refractivity contribution in [3.05, 3.63) is 50.3 Å². The normalized spacial score (nSPS) is 11.2. The zero-order valence-electron chi connectivity index (χ0n) is 10.3. The lowest BCUT2D eigenvalue weighted by atomic mass is 10.4. The maximum Gasteiger partial charge on any atom is 0.324 e. The number of furan rings is 1. The molecule has 8 nitrogen and oxygen atoms in total. The lowest BCUT2D eigenvalue weighted by molar-refractivity contribution is -0.380. The molecular weight excluding hydrogens is 314 g/mol. The second-order valence-electron chi connectivity index (χ2n) is 3.82. The van der Waals surface area contributed by atoms with Gasteiger partial charge in [-0.3, -0.25) is 10.1 Å². The van der Waals surface area contributed by atoms with Gasteiger partial charge in [-0.15, -0.1) is 5.10 Å². The third kappa shape index (κ3) is 2.66. The van der Waals surface area contributed by atoms with Crippen LogP contribution in [0.3, 0.4) is 0 Å². The van der Waals surface area contributed by atoms with Crippen LogP contribution in [0.4, 0.5) is 5.00 Å². The molecule has 106 valence electrons. The highest BCUT2D eigenvalue weighted by atomic mass is 32.1. The van der Waals surface area contributed by atoms with Crippen molar-refractivity contribution in [3.8, 4) is 11.6 Å². The Balaban J connectivity index is 1.94. The van der Waals surface area contributed by atoms with Crippen molar-refractivity contribution >= 4 is 34.8 Å². The smallest absolute Gasteiger partial charge is 0.324 e. The summed E-state index contributed by atoms with van der Waals surface area (Å²) in [7, 11) is 0. The van der Waals surface area contributed by atoms with Crippen molar-refractivity contribution in [2.75, 3.05) is 0 Å². The molecule has 0 saturated heterocycles. The summed E-state index contributed by atoms with van der Waals surface area (Å²) in [6.45, 7) is 0. The zero-order valence-corrected chi connectivity index (χ0v) is 11.9. The minimum Gasteiger partial charge on any atom is -0.461 e. The van der Waals surface area contributed by atoms with Crippen molar-refractivity contribution in [2.24, 2.45) is 5.10 Å². The Morgan fingerprint density at radius 3 is 3.05 bits per heavy atom. The molecule has 1 N–H and O–H groups in total. The maximum absolute atomic E-state index is 10.6. The average Bonchev–Trinajstić information content (AvgIpc) is 3.17. The molecule has 0 aliphatic heterocycles. The summed E-state index contributed by atoms with van der Waals surface area (Å²) in [5.74, 6) is 0.934. The van der Waals surface area contributed by atoms with E-state index in [1.54, 1.807) is 18.2 Å². The fourth-order valence-electron chi connectivity index (χ4n) is 1.59. The lowest BCUT2D eigenvalue weighted by Gasteiger charge is -1.95. The molecule has 0 aliphatic carbocycles. The van der Waals surface area contributed by atoms with E-state index < -0.39 is 4.92 Å². The summed E-state index contributed by atoms with van der Waals surface area (Å²) in [6, 6.07) is 6.49. The minimum atomic E-state index is -0.445. The van der Waals surface area contributed by atoms with E-state index in [0.717, 1.165) is 11.3 Å². The molecule has 0 bridgehead atoms. The van der Waals surface area contributed by atoms with Gasteiger partial charge in [-0.25, -0.2) is 5.10 Å². The van der Waals surface area contributed by atoms with Crippen LogP contribution in [0, 0.1) is 14.9 Å². The summed E-state index contributed by atoms with van der Waals surface area (Å²) in [4.78, 5) is 10.8. The molecule has 10 heteroatoms. The van der Waals surface area contributed by atoms with Crippen molar-refractivity contribution < 1.29 is 9.34 Å². The largest absolute Gasteiger partial charge is 0.461 e. The van der Waals surface area contributed by atoms with Crippen LogP contribution >= 0.6 is 23.6 Å². The van der Waals surface area contributed by atoms with Crippen LogP contribution in [0.5, 0.6) is 0 Å². The van der Waals surface area contributed by atoms with E-state index in [9.17, 15) is 10.1 Å². The molecule has 3 aromatic heterocycles. The van der Waals surface area contributed by atoms with E-state index in [1.807, 2.05) is 0 Å². The van der Waals surface area contributed by atoms with Crippen LogP contribution in [0.2, 0.25) is 0 Å². The SMILES string of the molecule is O=[N+]([O-])c1ccc(C=Nn2c(-c3ccco3)n[nH]c2=S)s1. The van der Waals surface area contributed by atoms with Gasteiger partial charge in [0, 0.05) is 6.07 Å². The molecule has 0 atom stereocenters. The Morgan fingerprint density at radius 1 is 1.52 bits per heavy atom. The standard InChI is InChI=1S/C11H7N5O3S2/c17-16(18)9-4-3-7(21-9)6-12-15-10(13-14-11(15)20)8-2-1-5-19-8/h1-6H,(H,14,20). The fraction of sp³-hybridized carbons (Fsp3) is 0. The van der Waals surface area contributed by atoms with Crippen LogP contribution in [0.15, 0.2) is 40.0 Å². The van der Waals surface area contributed by atoms with Crippen molar-refractivity contribution in [3.63, 3.8) is 0 Å². The van der Waals surface area contributed by atoms with E-state index in [-0.39, 0.29) is 5.00 Å². The monoisotopic (exact) mass is 321 g/mol. The van der Waals surface area contributed by atoms with Gasteiger partial charge >= 0.3 is 5.00 Å². The first kappa shape index (κ1) is 13.4. The fourth-order valence-corrected chi connectivity index (χ4v) is 2.46. The van der Waals surface area contributed by atoms with E-state index in [0.29, 0.717) is 21.2 Å². The molecule has 0 unspecified atom stereocenters. The number of aromatic amines is 1. The second-order valence-corrected chi connectivity index (χ2v) is 5.30. The average molecular weight is 321 g/mol. The number of hydrogen-bond acceptors (Lipinski definition) is 7. The molecule has 0 fully saturated rings. The molecule has 0 saturated carbocycles. The van der Waals surface area contributed by atoms with Gasteiger partial charge in [0.05, 0.1) is 22.3 Å². The Kier molecular flexibility index (Phi) is 3.46. The summed E-state index contributed by atoms with van der Waals surface area (Å²) in [5.41, 5.74) is 0. The highest BCUT2D eigenvalue weighted by molar-refractivity contribution is 7.71. The van der Waals surface area contributed by atoms with E-state index in [2.05, 4.69) is 15.3 Å². The summed E-state index contributed by atoms with van der Waals surface area (Å²) >= 11 is 6.12. The van der Waals surface area contributed by atoms with Gasteiger partial charge in [0.25, 0.3) is 0 Å². The van der Waals surface area contributed by atoms with Crippen molar-refractivity contribution in [1.29, 1.82) is 0 Å². The third-order valence-electron chi connectivity index (χ3n) is 2.48. The van der Waals surface area contributed by atoms with Gasteiger partial charge in [0.2, 0.25) is 10.6 Å². The van der Waals surface area contributed by atoms with Crippen molar-refractivity contribution in [1.82, 2.24) is 14.9 Å². The van der Waals surface area contributed by atoms with Crippen LogP contribution in [-0.4, -0.2) is 26.0 Å². The highest BCUT2D eigenvalue weighted by Gasteiger charge is 2.11. The molecule has 0 spiro atoms. The molecule has 3 aromatic rings. The van der Waals surface area contributed by atoms with Gasteiger partial charge in [-0.2, -0.15) is 9.78 Å². The van der Waals surface area contributed by atoms with Gasteiger partial charge < -0.3 is 4.42 Å².